The molecule has 0 aliphatic heterocycles. The van der Waals surface area contributed by atoms with E-state index in [0.29, 0.717) is 28.4 Å². The van der Waals surface area contributed by atoms with Crippen molar-refractivity contribution < 1.29 is 14.7 Å². The zero-order valence-corrected chi connectivity index (χ0v) is 21.5. The molecule has 0 unspecified atom stereocenters. The summed E-state index contributed by atoms with van der Waals surface area (Å²) < 4.78 is 0. The number of allylic oxidation sites excluding steroid dienone is 1. The minimum atomic E-state index is -0.397. The Morgan fingerprint density at radius 3 is 2.40 bits per heavy atom. The summed E-state index contributed by atoms with van der Waals surface area (Å²) in [5, 5.41) is 9.63. The molecule has 1 aromatic heterocycles. The Bertz CT molecular complexity index is 1250. The first-order valence-electron chi connectivity index (χ1n) is 10.6. The number of thioether (sulfide) groups is 1. The van der Waals surface area contributed by atoms with Gasteiger partial charge in [-0.15, -0.1) is 0 Å². The summed E-state index contributed by atoms with van der Waals surface area (Å²) >= 11 is 13.8. The molecular formula is C25H24Cl2N4O3S. The van der Waals surface area contributed by atoms with Crippen molar-refractivity contribution in [1.82, 2.24) is 14.9 Å². The van der Waals surface area contributed by atoms with Gasteiger partial charge in [0.25, 0.3) is 0 Å². The van der Waals surface area contributed by atoms with Gasteiger partial charge in [0.2, 0.25) is 11.5 Å². The summed E-state index contributed by atoms with van der Waals surface area (Å²) in [7, 11) is 0. The molecule has 0 bridgehead atoms. The number of hydrogen-bond donors (Lipinski definition) is 2. The average Bonchev–Trinajstić information content (AvgIpc) is 2.83. The van der Waals surface area contributed by atoms with Crippen molar-refractivity contribution in [3.63, 3.8) is 0 Å². The van der Waals surface area contributed by atoms with Crippen molar-refractivity contribution in [3.8, 4) is 11.1 Å². The Kier molecular flexibility index (Phi) is 9.28. The fourth-order valence-electron chi connectivity index (χ4n) is 3.35. The van der Waals surface area contributed by atoms with E-state index < -0.39 is 5.12 Å². The molecule has 35 heavy (non-hydrogen) atoms. The number of amides is 1. The normalized spacial score (nSPS) is 11.7. The van der Waals surface area contributed by atoms with E-state index >= 15 is 0 Å². The van der Waals surface area contributed by atoms with Gasteiger partial charge in [-0.25, -0.2) is 9.97 Å². The lowest BCUT2D eigenvalue weighted by Gasteiger charge is -2.22. The monoisotopic (exact) mass is 530 g/mol. The van der Waals surface area contributed by atoms with Crippen LogP contribution in [0.25, 0.3) is 11.1 Å². The highest BCUT2D eigenvalue weighted by Crippen LogP contribution is 2.37. The van der Waals surface area contributed by atoms with Crippen LogP contribution in [0.3, 0.4) is 0 Å². The highest BCUT2D eigenvalue weighted by atomic mass is 35.5. The van der Waals surface area contributed by atoms with Crippen molar-refractivity contribution in [1.29, 1.82) is 0 Å². The number of carbonyl (C=O) groups is 2. The van der Waals surface area contributed by atoms with Crippen LogP contribution in [0.5, 0.6) is 0 Å². The van der Waals surface area contributed by atoms with Gasteiger partial charge in [0.05, 0.1) is 22.2 Å². The molecule has 0 aliphatic rings. The summed E-state index contributed by atoms with van der Waals surface area (Å²) in [5.41, 5.74) is 8.88. The van der Waals surface area contributed by atoms with E-state index in [1.165, 1.54) is 4.90 Å². The maximum atomic E-state index is 13.2. The van der Waals surface area contributed by atoms with Crippen molar-refractivity contribution in [2.45, 2.75) is 26.8 Å². The minimum absolute atomic E-state index is 0.110. The molecule has 0 fully saturated rings. The van der Waals surface area contributed by atoms with Crippen molar-refractivity contribution >= 4 is 52.3 Å². The third kappa shape index (κ3) is 6.61. The van der Waals surface area contributed by atoms with E-state index in [4.69, 9.17) is 28.9 Å². The molecule has 0 saturated heterocycles. The average molecular weight is 531 g/mol. The number of hydrogen-bond acceptors (Lipinski definition) is 7. The Hall–Kier alpha value is -2.91. The number of benzene rings is 2. The molecule has 1 heterocycles. The maximum absolute atomic E-state index is 13.2. The molecular weight excluding hydrogens is 507 g/mol. The number of aliphatic hydroxyl groups excluding tert-OH is 1. The van der Waals surface area contributed by atoms with Gasteiger partial charge in [-0.2, -0.15) is 0 Å². The number of anilines is 1. The van der Waals surface area contributed by atoms with E-state index in [0.717, 1.165) is 22.9 Å². The first kappa shape index (κ1) is 26.7. The lowest BCUT2D eigenvalue weighted by atomic mass is 10.0. The number of nitrogens with two attached hydrogens (primary N) is 1. The molecule has 3 aromatic rings. The molecule has 182 valence electrons. The Balaban J connectivity index is 1.89. The van der Waals surface area contributed by atoms with Gasteiger partial charge in [0.1, 0.15) is 11.6 Å². The maximum Gasteiger partial charge on any atom is 0.226 e. The highest BCUT2D eigenvalue weighted by molar-refractivity contribution is 8.17. The molecule has 1 amide bonds. The van der Waals surface area contributed by atoms with E-state index in [9.17, 15) is 14.7 Å². The molecule has 0 aliphatic carbocycles. The van der Waals surface area contributed by atoms with Gasteiger partial charge in [-0.1, -0.05) is 53.5 Å². The van der Waals surface area contributed by atoms with Crippen LogP contribution in [0, 0.1) is 6.92 Å². The summed E-state index contributed by atoms with van der Waals surface area (Å²) in [4.78, 5) is 35.2. The minimum Gasteiger partial charge on any atom is -0.396 e. The molecule has 0 radical (unpaired) electrons. The molecule has 0 saturated carbocycles. The number of rotatable bonds is 9. The third-order valence-electron chi connectivity index (χ3n) is 5.23. The highest BCUT2D eigenvalue weighted by Gasteiger charge is 2.22. The fourth-order valence-corrected chi connectivity index (χ4v) is 5.12. The predicted molar refractivity (Wildman–Crippen MR) is 141 cm³/mol. The molecule has 10 heteroatoms. The lowest BCUT2D eigenvalue weighted by molar-refractivity contribution is -0.116. The quantitative estimate of drug-likeness (QED) is 0.352. The van der Waals surface area contributed by atoms with Crippen LogP contribution in [0.15, 0.2) is 59.3 Å². The van der Waals surface area contributed by atoms with Crippen molar-refractivity contribution in [2.24, 2.45) is 0 Å². The van der Waals surface area contributed by atoms with Crippen LogP contribution in [-0.2, 0) is 11.3 Å². The molecule has 2 aromatic carbocycles. The second-order valence-electron chi connectivity index (χ2n) is 7.61. The molecule has 3 N–H and O–H groups in total. The van der Waals surface area contributed by atoms with Crippen LogP contribution >= 0.6 is 35.0 Å². The number of nitrogen functional groups attached to an aromatic ring is 1. The van der Waals surface area contributed by atoms with E-state index in [1.807, 2.05) is 30.3 Å². The van der Waals surface area contributed by atoms with Crippen LogP contribution in [0.2, 0.25) is 10.0 Å². The van der Waals surface area contributed by atoms with Gasteiger partial charge < -0.3 is 15.7 Å². The SMILES string of the molecule is CC(=C(CCO)SC(=O)c1c(Cl)cc(-c2ccccc2)cc1Cl)N(C=O)Cc1cnc(C)nc1N. The first-order chi connectivity index (χ1) is 16.7. The number of aliphatic hydroxyl groups is 1. The molecule has 0 atom stereocenters. The van der Waals surface area contributed by atoms with Crippen molar-refractivity contribution in [3.05, 3.63) is 86.3 Å². The number of carbonyl (C=O) groups excluding carboxylic acids is 2. The molecule has 3 rings (SSSR count). The zero-order chi connectivity index (χ0) is 25.5. The fraction of sp³-hybridized carbons (Fsp3) is 0.200. The van der Waals surface area contributed by atoms with E-state index in [2.05, 4.69) is 9.97 Å². The van der Waals surface area contributed by atoms with Gasteiger partial charge in [0, 0.05) is 35.4 Å². The summed E-state index contributed by atoms with van der Waals surface area (Å²) in [5.74, 6) is 0.784. The lowest BCUT2D eigenvalue weighted by Crippen LogP contribution is -2.22. The Morgan fingerprint density at radius 2 is 1.83 bits per heavy atom. The standard InChI is InChI=1S/C25H24Cl2N4O3S/c1-15(31(14-33)13-19-12-29-16(2)30-24(19)28)22(8-9-32)35-25(34)23-20(26)10-18(11-21(23)27)17-6-4-3-5-7-17/h3-7,10-12,14,32H,8-9,13H2,1-2H3,(H2,28,29,30). The van der Waals surface area contributed by atoms with Crippen LogP contribution in [-0.4, -0.2) is 38.1 Å². The Morgan fingerprint density at radius 1 is 1.17 bits per heavy atom. The summed E-state index contributed by atoms with van der Waals surface area (Å²) in [6, 6.07) is 12.9. The summed E-state index contributed by atoms with van der Waals surface area (Å²) in [6.07, 6.45) is 2.34. The van der Waals surface area contributed by atoms with Gasteiger partial charge in [0.15, 0.2) is 0 Å². The van der Waals surface area contributed by atoms with Gasteiger partial charge >= 0.3 is 0 Å². The van der Waals surface area contributed by atoms with Crippen molar-refractivity contribution in [2.75, 3.05) is 12.3 Å². The van der Waals surface area contributed by atoms with Gasteiger partial charge in [-0.05, 0) is 48.9 Å². The Labute approximate surface area is 218 Å². The number of aryl methyl sites for hydroxylation is 1. The number of aromatic nitrogens is 2. The predicted octanol–water partition coefficient (Wildman–Crippen LogP) is 5.49. The topological polar surface area (TPSA) is 109 Å². The zero-order valence-electron chi connectivity index (χ0n) is 19.2. The van der Waals surface area contributed by atoms with Gasteiger partial charge in [-0.3, -0.25) is 9.59 Å². The van der Waals surface area contributed by atoms with E-state index in [-0.39, 0.29) is 41.0 Å². The van der Waals surface area contributed by atoms with Crippen LogP contribution in [0.1, 0.15) is 35.1 Å². The summed E-state index contributed by atoms with van der Waals surface area (Å²) in [6.45, 7) is 3.29. The smallest absolute Gasteiger partial charge is 0.226 e. The molecule has 0 spiro atoms. The molecule has 7 nitrogen and oxygen atoms in total. The van der Waals surface area contributed by atoms with E-state index in [1.54, 1.807) is 32.2 Å². The first-order valence-corrected chi connectivity index (χ1v) is 12.2. The second kappa shape index (κ2) is 12.2. The van der Waals surface area contributed by atoms with Crippen LogP contribution < -0.4 is 5.73 Å². The largest absolute Gasteiger partial charge is 0.396 e. The third-order valence-corrected chi connectivity index (χ3v) is 6.96. The number of nitrogens with zero attached hydrogens (tertiary/aromatic N) is 3. The van der Waals surface area contributed by atoms with Crippen LogP contribution in [0.4, 0.5) is 5.82 Å². The number of halogens is 2. The second-order valence-corrected chi connectivity index (χ2v) is 9.50.